The third-order valence-corrected chi connectivity index (χ3v) is 4.43. The van der Waals surface area contributed by atoms with Crippen LogP contribution >= 0.6 is 0 Å². The number of aromatic nitrogens is 4. The standard InChI is InChI=1S/C20H18FN5O2/c1-2-4-18-16(11-22-26(18)13-6-3-5-12(21)9-13)20(28)23-19-15-8-7-14(27)10-17(15)24-25-19/h3,5-11,27H,2,4H2,1H3,(H2,23,24,25,28). The van der Waals surface area contributed by atoms with Gasteiger partial charge in [0.1, 0.15) is 11.6 Å². The second-order valence-corrected chi connectivity index (χ2v) is 6.40. The summed E-state index contributed by atoms with van der Waals surface area (Å²) in [7, 11) is 0. The van der Waals surface area contributed by atoms with Gasteiger partial charge in [0.05, 0.1) is 28.7 Å². The number of phenols is 1. The molecule has 0 fully saturated rings. The van der Waals surface area contributed by atoms with Gasteiger partial charge in [-0.3, -0.25) is 9.89 Å². The highest BCUT2D eigenvalue weighted by atomic mass is 19.1. The Kier molecular flexibility index (Phi) is 4.52. The van der Waals surface area contributed by atoms with Crippen molar-refractivity contribution in [2.45, 2.75) is 19.8 Å². The van der Waals surface area contributed by atoms with E-state index < -0.39 is 0 Å². The summed E-state index contributed by atoms with van der Waals surface area (Å²) in [6.07, 6.45) is 2.88. The highest BCUT2D eigenvalue weighted by Crippen LogP contribution is 2.25. The maximum atomic E-state index is 13.6. The van der Waals surface area contributed by atoms with Gasteiger partial charge >= 0.3 is 0 Å². The predicted molar refractivity (Wildman–Crippen MR) is 103 cm³/mol. The normalized spacial score (nSPS) is 11.1. The molecule has 2 aromatic carbocycles. The molecule has 7 nitrogen and oxygen atoms in total. The largest absolute Gasteiger partial charge is 0.508 e. The number of fused-ring (bicyclic) bond motifs is 1. The molecule has 0 aliphatic heterocycles. The third kappa shape index (κ3) is 3.20. The Balaban J connectivity index is 1.69. The van der Waals surface area contributed by atoms with E-state index in [0.29, 0.717) is 40.1 Å². The van der Waals surface area contributed by atoms with E-state index >= 15 is 0 Å². The van der Waals surface area contributed by atoms with Gasteiger partial charge in [0, 0.05) is 11.5 Å². The van der Waals surface area contributed by atoms with Gasteiger partial charge in [-0.05, 0) is 36.8 Å². The van der Waals surface area contributed by atoms with Gasteiger partial charge < -0.3 is 10.4 Å². The molecule has 8 heteroatoms. The lowest BCUT2D eigenvalue weighted by atomic mass is 10.1. The van der Waals surface area contributed by atoms with Crippen molar-refractivity contribution in [1.82, 2.24) is 20.0 Å². The molecule has 1 amide bonds. The zero-order valence-electron chi connectivity index (χ0n) is 15.1. The quantitative estimate of drug-likeness (QED) is 0.491. The summed E-state index contributed by atoms with van der Waals surface area (Å²) in [6.45, 7) is 2.00. The average molecular weight is 379 g/mol. The number of halogens is 1. The first kappa shape index (κ1) is 17.7. The van der Waals surface area contributed by atoms with Crippen LogP contribution in [0.3, 0.4) is 0 Å². The van der Waals surface area contributed by atoms with Crippen molar-refractivity contribution in [3.05, 3.63) is 65.7 Å². The average Bonchev–Trinajstić information content (AvgIpc) is 3.26. The van der Waals surface area contributed by atoms with Crippen molar-refractivity contribution in [1.29, 1.82) is 0 Å². The van der Waals surface area contributed by atoms with E-state index in [0.717, 1.165) is 6.42 Å². The Bertz CT molecular complexity index is 1160. The van der Waals surface area contributed by atoms with Gasteiger partial charge in [-0.15, -0.1) is 0 Å². The van der Waals surface area contributed by atoms with Crippen LogP contribution in [-0.4, -0.2) is 31.0 Å². The van der Waals surface area contributed by atoms with E-state index in [9.17, 15) is 14.3 Å². The number of aromatic hydroxyl groups is 1. The molecule has 4 rings (SSSR count). The minimum atomic E-state index is -0.368. The van der Waals surface area contributed by atoms with Crippen LogP contribution in [0.5, 0.6) is 5.75 Å². The molecule has 28 heavy (non-hydrogen) atoms. The number of nitrogens with zero attached hydrogens (tertiary/aromatic N) is 3. The highest BCUT2D eigenvalue weighted by molar-refractivity contribution is 6.08. The Morgan fingerprint density at radius 2 is 2.14 bits per heavy atom. The zero-order valence-corrected chi connectivity index (χ0v) is 15.1. The number of carbonyl (C=O) groups excluding carboxylic acids is 1. The monoisotopic (exact) mass is 379 g/mol. The second kappa shape index (κ2) is 7.15. The van der Waals surface area contributed by atoms with Crippen LogP contribution < -0.4 is 5.32 Å². The second-order valence-electron chi connectivity index (χ2n) is 6.40. The molecule has 0 aliphatic rings. The lowest BCUT2D eigenvalue weighted by molar-refractivity contribution is 0.102. The Morgan fingerprint density at radius 1 is 1.29 bits per heavy atom. The molecule has 0 bridgehead atoms. The summed E-state index contributed by atoms with van der Waals surface area (Å²) in [5.74, 6) is -0.253. The van der Waals surface area contributed by atoms with Crippen molar-refractivity contribution in [3.8, 4) is 11.4 Å². The molecular formula is C20H18FN5O2. The minimum Gasteiger partial charge on any atom is -0.508 e. The molecular weight excluding hydrogens is 361 g/mol. The van der Waals surface area contributed by atoms with Gasteiger partial charge in [-0.25, -0.2) is 9.07 Å². The number of anilines is 1. The van der Waals surface area contributed by atoms with Crippen LogP contribution in [0.25, 0.3) is 16.6 Å². The van der Waals surface area contributed by atoms with Crippen LogP contribution in [0, 0.1) is 5.82 Å². The molecule has 0 aliphatic carbocycles. The summed E-state index contributed by atoms with van der Waals surface area (Å²) in [5, 5.41) is 24.2. The first-order valence-corrected chi connectivity index (χ1v) is 8.88. The summed E-state index contributed by atoms with van der Waals surface area (Å²) >= 11 is 0. The van der Waals surface area contributed by atoms with Crippen LogP contribution in [-0.2, 0) is 6.42 Å². The van der Waals surface area contributed by atoms with Crippen LogP contribution in [0.15, 0.2) is 48.7 Å². The number of aromatic amines is 1. The summed E-state index contributed by atoms with van der Waals surface area (Å²) in [5.41, 5.74) is 2.27. The number of phenolic OH excluding ortho intramolecular Hbond substituents is 1. The van der Waals surface area contributed by atoms with Crippen LogP contribution in [0.1, 0.15) is 29.4 Å². The lowest BCUT2D eigenvalue weighted by Gasteiger charge is -2.09. The molecule has 2 aromatic heterocycles. The molecule has 0 unspecified atom stereocenters. The Labute approximate surface area is 159 Å². The zero-order chi connectivity index (χ0) is 19.7. The van der Waals surface area contributed by atoms with E-state index in [4.69, 9.17) is 0 Å². The number of carbonyl (C=O) groups is 1. The first-order valence-electron chi connectivity index (χ1n) is 8.88. The van der Waals surface area contributed by atoms with Gasteiger partial charge in [0.15, 0.2) is 5.82 Å². The van der Waals surface area contributed by atoms with Gasteiger partial charge in [-0.2, -0.15) is 10.2 Å². The first-order chi connectivity index (χ1) is 13.6. The lowest BCUT2D eigenvalue weighted by Crippen LogP contribution is -2.15. The minimum absolute atomic E-state index is 0.107. The van der Waals surface area contributed by atoms with Gasteiger partial charge in [0.25, 0.3) is 5.91 Å². The third-order valence-electron chi connectivity index (χ3n) is 4.43. The summed E-state index contributed by atoms with van der Waals surface area (Å²) < 4.78 is 15.2. The molecule has 0 saturated carbocycles. The van der Waals surface area contributed by atoms with E-state index in [1.807, 2.05) is 6.92 Å². The van der Waals surface area contributed by atoms with E-state index in [2.05, 4.69) is 20.6 Å². The van der Waals surface area contributed by atoms with Crippen LogP contribution in [0.4, 0.5) is 10.2 Å². The van der Waals surface area contributed by atoms with Crippen molar-refractivity contribution in [3.63, 3.8) is 0 Å². The van der Waals surface area contributed by atoms with Gasteiger partial charge in [0.2, 0.25) is 0 Å². The number of hydrogen-bond acceptors (Lipinski definition) is 4. The topological polar surface area (TPSA) is 95.8 Å². The van der Waals surface area contributed by atoms with E-state index in [1.165, 1.54) is 30.5 Å². The molecule has 3 N–H and O–H groups in total. The van der Waals surface area contributed by atoms with Gasteiger partial charge in [-0.1, -0.05) is 19.4 Å². The van der Waals surface area contributed by atoms with E-state index in [1.54, 1.807) is 22.9 Å². The number of H-pyrrole nitrogens is 1. The van der Waals surface area contributed by atoms with Crippen molar-refractivity contribution in [2.75, 3.05) is 5.32 Å². The number of amides is 1. The SMILES string of the molecule is CCCc1c(C(=O)Nc2n[nH]c3cc(O)ccc23)cnn1-c1cccc(F)c1. The van der Waals surface area contributed by atoms with Crippen molar-refractivity contribution >= 4 is 22.6 Å². The van der Waals surface area contributed by atoms with E-state index in [-0.39, 0.29) is 17.5 Å². The predicted octanol–water partition coefficient (Wildman–Crippen LogP) is 3.80. The fraction of sp³-hybridized carbons (Fsp3) is 0.150. The fourth-order valence-corrected chi connectivity index (χ4v) is 3.15. The van der Waals surface area contributed by atoms with Crippen LogP contribution in [0.2, 0.25) is 0 Å². The Morgan fingerprint density at radius 3 is 2.93 bits per heavy atom. The molecule has 142 valence electrons. The number of rotatable bonds is 5. The number of hydrogen-bond donors (Lipinski definition) is 3. The molecule has 0 spiro atoms. The molecule has 0 radical (unpaired) electrons. The number of benzene rings is 2. The maximum Gasteiger partial charge on any atom is 0.260 e. The fourth-order valence-electron chi connectivity index (χ4n) is 3.15. The Hall–Kier alpha value is -3.68. The van der Waals surface area contributed by atoms with Crippen molar-refractivity contribution < 1.29 is 14.3 Å². The molecule has 4 aromatic rings. The molecule has 0 atom stereocenters. The molecule has 0 saturated heterocycles. The summed E-state index contributed by atoms with van der Waals surface area (Å²) in [4.78, 5) is 12.9. The van der Waals surface area contributed by atoms with Crippen molar-refractivity contribution in [2.24, 2.45) is 0 Å². The highest BCUT2D eigenvalue weighted by Gasteiger charge is 2.20. The maximum absolute atomic E-state index is 13.6. The smallest absolute Gasteiger partial charge is 0.260 e. The summed E-state index contributed by atoms with van der Waals surface area (Å²) in [6, 6.07) is 10.8. The molecule has 2 heterocycles. The number of nitrogens with one attached hydrogen (secondary N) is 2.